The van der Waals surface area contributed by atoms with Crippen molar-refractivity contribution in [3.05, 3.63) is 100 Å². The number of allylic oxidation sites excluding steroid dienone is 6. The molecule has 1 N–H and O–H groups in total. The van der Waals surface area contributed by atoms with Crippen molar-refractivity contribution in [2.75, 3.05) is 19.6 Å². The van der Waals surface area contributed by atoms with E-state index < -0.39 is 5.60 Å². The molecule has 2 aliphatic heterocycles. The number of rotatable bonds is 4. The van der Waals surface area contributed by atoms with Gasteiger partial charge in [0.2, 0.25) is 5.88 Å². The van der Waals surface area contributed by atoms with Gasteiger partial charge < -0.3 is 14.7 Å². The zero-order valence-electron chi connectivity index (χ0n) is 18.0. The molecule has 0 unspecified atom stereocenters. The van der Waals surface area contributed by atoms with Crippen molar-refractivity contribution in [1.82, 2.24) is 9.88 Å². The van der Waals surface area contributed by atoms with E-state index in [4.69, 9.17) is 16.3 Å². The lowest BCUT2D eigenvalue weighted by molar-refractivity contribution is -0.0254. The third-order valence-electron chi connectivity index (χ3n) is 6.53. The predicted molar refractivity (Wildman–Crippen MR) is 128 cm³/mol. The van der Waals surface area contributed by atoms with Gasteiger partial charge in [0.1, 0.15) is 5.76 Å². The first-order chi connectivity index (χ1) is 15.6. The SMILES string of the molecule is OC1(c2ccc(Cl)cc2)CCN(CCC=C2C=C3CC=CC=C3Oc3ncccc32)CC1. The lowest BCUT2D eigenvalue weighted by Gasteiger charge is -2.38. The Hall–Kier alpha value is -2.66. The van der Waals surface area contributed by atoms with Gasteiger partial charge in [0.25, 0.3) is 0 Å². The molecule has 1 saturated heterocycles. The Morgan fingerprint density at radius 3 is 2.78 bits per heavy atom. The van der Waals surface area contributed by atoms with Crippen LogP contribution in [0.15, 0.2) is 84.3 Å². The number of hydrogen-bond acceptors (Lipinski definition) is 4. The van der Waals surface area contributed by atoms with Crippen LogP contribution in [0.1, 0.15) is 36.8 Å². The van der Waals surface area contributed by atoms with Crippen LogP contribution in [-0.4, -0.2) is 34.6 Å². The van der Waals surface area contributed by atoms with Crippen LogP contribution in [0.25, 0.3) is 5.57 Å². The van der Waals surface area contributed by atoms with Crippen molar-refractivity contribution < 1.29 is 9.84 Å². The molecule has 0 spiro atoms. The molecule has 1 fully saturated rings. The van der Waals surface area contributed by atoms with Crippen molar-refractivity contribution in [2.24, 2.45) is 0 Å². The maximum Gasteiger partial charge on any atom is 0.227 e. The van der Waals surface area contributed by atoms with Crippen molar-refractivity contribution in [3.63, 3.8) is 0 Å². The van der Waals surface area contributed by atoms with Gasteiger partial charge in [0, 0.05) is 36.4 Å². The Balaban J connectivity index is 1.26. The van der Waals surface area contributed by atoms with Crippen LogP contribution < -0.4 is 4.74 Å². The number of aromatic nitrogens is 1. The molecule has 2 aromatic rings. The number of piperidine rings is 1. The van der Waals surface area contributed by atoms with E-state index in [1.54, 1.807) is 6.20 Å². The quantitative estimate of drug-likeness (QED) is 0.658. The highest BCUT2D eigenvalue weighted by Crippen LogP contribution is 2.36. The molecule has 5 heteroatoms. The Kier molecular flexibility index (Phi) is 6.01. The highest BCUT2D eigenvalue weighted by Gasteiger charge is 2.33. The van der Waals surface area contributed by atoms with E-state index in [1.807, 2.05) is 42.5 Å². The molecular weight excluding hydrogens is 420 g/mol. The molecule has 1 aromatic carbocycles. The number of hydrogen-bond donors (Lipinski definition) is 1. The van der Waals surface area contributed by atoms with Gasteiger partial charge in [0.05, 0.1) is 5.60 Å². The van der Waals surface area contributed by atoms with E-state index in [-0.39, 0.29) is 0 Å². The summed E-state index contributed by atoms with van der Waals surface area (Å²) >= 11 is 6.00. The molecule has 164 valence electrons. The first-order valence-corrected chi connectivity index (χ1v) is 11.6. The normalized spacial score (nSPS) is 21.1. The van der Waals surface area contributed by atoms with E-state index >= 15 is 0 Å². The third-order valence-corrected chi connectivity index (χ3v) is 6.78. The monoisotopic (exact) mass is 446 g/mol. The predicted octanol–water partition coefficient (Wildman–Crippen LogP) is 5.65. The second-order valence-electron chi connectivity index (χ2n) is 8.62. The van der Waals surface area contributed by atoms with E-state index in [0.29, 0.717) is 10.9 Å². The zero-order chi connectivity index (χ0) is 22.0. The molecule has 0 amide bonds. The summed E-state index contributed by atoms with van der Waals surface area (Å²) in [4.78, 5) is 6.89. The standard InChI is InChI=1S/C27H27ClN2O2/c28-23-11-9-22(10-12-23)27(31)13-17-30(18-14-27)16-4-6-20-19-21-5-1-2-8-25(21)32-26-24(20)7-3-15-29-26/h1-3,6-12,15,19,31H,4-5,13-14,16-18H2. The van der Waals surface area contributed by atoms with Crippen molar-refractivity contribution in [3.8, 4) is 5.88 Å². The van der Waals surface area contributed by atoms with E-state index in [1.165, 1.54) is 5.57 Å². The van der Waals surface area contributed by atoms with Gasteiger partial charge in [-0.2, -0.15) is 0 Å². The van der Waals surface area contributed by atoms with Crippen LogP contribution in [0.2, 0.25) is 5.02 Å². The van der Waals surface area contributed by atoms with Crippen LogP contribution in [0.4, 0.5) is 0 Å². The van der Waals surface area contributed by atoms with Gasteiger partial charge in [0.15, 0.2) is 0 Å². The Labute approximate surface area is 194 Å². The number of halogens is 1. The van der Waals surface area contributed by atoms with Gasteiger partial charge in [-0.15, -0.1) is 0 Å². The van der Waals surface area contributed by atoms with Crippen molar-refractivity contribution in [2.45, 2.75) is 31.3 Å². The average Bonchev–Trinajstić information content (AvgIpc) is 2.97. The molecule has 0 atom stereocenters. The summed E-state index contributed by atoms with van der Waals surface area (Å²) in [7, 11) is 0. The van der Waals surface area contributed by atoms with Gasteiger partial charge >= 0.3 is 0 Å². The maximum atomic E-state index is 11.1. The van der Waals surface area contributed by atoms with Crippen molar-refractivity contribution >= 4 is 17.2 Å². The van der Waals surface area contributed by atoms with Crippen LogP contribution >= 0.6 is 11.6 Å². The van der Waals surface area contributed by atoms with Crippen LogP contribution in [0, 0.1) is 0 Å². The number of ether oxygens (including phenoxy) is 1. The Bertz CT molecular complexity index is 1110. The Morgan fingerprint density at radius 1 is 1.16 bits per heavy atom. The summed E-state index contributed by atoms with van der Waals surface area (Å²) in [5.41, 5.74) is 3.58. The average molecular weight is 447 g/mol. The second-order valence-corrected chi connectivity index (χ2v) is 9.06. The van der Waals surface area contributed by atoms with Crippen LogP contribution in [0.5, 0.6) is 5.88 Å². The second kappa shape index (κ2) is 9.07. The first kappa shape index (κ1) is 21.2. The molecule has 32 heavy (non-hydrogen) atoms. The number of pyridine rings is 1. The zero-order valence-corrected chi connectivity index (χ0v) is 18.8. The molecule has 0 bridgehead atoms. The first-order valence-electron chi connectivity index (χ1n) is 11.2. The summed E-state index contributed by atoms with van der Waals surface area (Å²) in [5, 5.41) is 11.8. The number of nitrogens with zero attached hydrogens (tertiary/aromatic N) is 2. The van der Waals surface area contributed by atoms with Gasteiger partial charge in [-0.25, -0.2) is 4.98 Å². The van der Waals surface area contributed by atoms with E-state index in [2.05, 4.69) is 34.2 Å². The molecule has 3 heterocycles. The highest BCUT2D eigenvalue weighted by molar-refractivity contribution is 6.30. The highest BCUT2D eigenvalue weighted by atomic mass is 35.5. The van der Waals surface area contributed by atoms with Gasteiger partial charge in [-0.1, -0.05) is 42.0 Å². The molecule has 1 aromatic heterocycles. The smallest absolute Gasteiger partial charge is 0.227 e. The molecule has 0 radical (unpaired) electrons. The maximum absolute atomic E-state index is 11.1. The summed E-state index contributed by atoms with van der Waals surface area (Å²) in [6.07, 6.45) is 15.8. The largest absolute Gasteiger partial charge is 0.438 e. The van der Waals surface area contributed by atoms with Gasteiger partial charge in [-0.05, 0) is 78.8 Å². The minimum Gasteiger partial charge on any atom is -0.438 e. The topological polar surface area (TPSA) is 45.6 Å². The van der Waals surface area contributed by atoms with E-state index in [9.17, 15) is 5.11 Å². The molecule has 1 aliphatic carbocycles. The lowest BCUT2D eigenvalue weighted by Crippen LogP contribution is -2.42. The molecule has 4 nitrogen and oxygen atoms in total. The van der Waals surface area contributed by atoms with Crippen LogP contribution in [0.3, 0.4) is 0 Å². The fourth-order valence-corrected chi connectivity index (χ4v) is 4.74. The third kappa shape index (κ3) is 4.44. The molecular formula is C27H27ClN2O2. The molecule has 5 rings (SSSR count). The number of likely N-dealkylation sites (tertiary alicyclic amines) is 1. The molecule has 3 aliphatic rings. The van der Waals surface area contributed by atoms with Crippen LogP contribution in [-0.2, 0) is 5.60 Å². The summed E-state index contributed by atoms with van der Waals surface area (Å²) < 4.78 is 6.10. The fraction of sp³-hybridized carbons (Fsp3) is 0.296. The Morgan fingerprint density at radius 2 is 1.97 bits per heavy atom. The number of aliphatic hydroxyl groups is 1. The lowest BCUT2D eigenvalue weighted by atomic mass is 9.84. The minimum atomic E-state index is -0.759. The number of benzene rings is 1. The molecule has 0 saturated carbocycles. The summed E-state index contributed by atoms with van der Waals surface area (Å²) in [6.45, 7) is 2.72. The summed E-state index contributed by atoms with van der Waals surface area (Å²) in [6, 6.07) is 11.6. The minimum absolute atomic E-state index is 0.664. The van der Waals surface area contributed by atoms with Crippen molar-refractivity contribution in [1.29, 1.82) is 0 Å². The number of fused-ring (bicyclic) bond motifs is 2. The fourth-order valence-electron chi connectivity index (χ4n) is 4.62. The summed E-state index contributed by atoms with van der Waals surface area (Å²) in [5.74, 6) is 1.55. The van der Waals surface area contributed by atoms with Gasteiger partial charge in [-0.3, -0.25) is 0 Å². The van der Waals surface area contributed by atoms with E-state index in [0.717, 1.165) is 67.8 Å².